The van der Waals surface area contributed by atoms with Crippen LogP contribution in [0.5, 0.6) is 0 Å². The number of aromatic nitrogens is 2. The summed E-state index contributed by atoms with van der Waals surface area (Å²) in [5, 5.41) is 22.1. The molecule has 2 N–H and O–H groups in total. The molecule has 1 rings (SSSR count). The monoisotopic (exact) mass is 834 g/mol. The minimum Gasteiger partial charge on any atom is -0.465 e. The molecule has 1 aromatic heterocycles. The molecule has 0 amide bonds. The topological polar surface area (TPSA) is 114 Å². The van der Waals surface area contributed by atoms with Crippen molar-refractivity contribution in [2.24, 2.45) is 11.8 Å². The molecular weight excluding hydrogens is 739 g/mol. The highest BCUT2D eigenvalue weighted by molar-refractivity contribution is 5.72. The molecule has 0 aromatic carbocycles. The largest absolute Gasteiger partial charge is 0.465 e. The number of ether oxygens (including phenoxy) is 2. The molecule has 0 fully saturated rings. The van der Waals surface area contributed by atoms with E-state index in [1.807, 2.05) is 12.5 Å². The maximum absolute atomic E-state index is 13.1. The molecular formula is C50H95N3O6. The highest BCUT2D eigenvalue weighted by atomic mass is 16.5. The Morgan fingerprint density at radius 2 is 0.898 bits per heavy atom. The van der Waals surface area contributed by atoms with Crippen molar-refractivity contribution in [3.8, 4) is 0 Å². The molecule has 9 nitrogen and oxygen atoms in total. The van der Waals surface area contributed by atoms with Gasteiger partial charge in [-0.15, -0.1) is 0 Å². The van der Waals surface area contributed by atoms with Crippen molar-refractivity contribution < 1.29 is 29.3 Å². The van der Waals surface area contributed by atoms with Gasteiger partial charge in [0.1, 0.15) is 0 Å². The van der Waals surface area contributed by atoms with Gasteiger partial charge >= 0.3 is 11.9 Å². The van der Waals surface area contributed by atoms with Crippen molar-refractivity contribution in [2.45, 2.75) is 245 Å². The zero-order chi connectivity index (χ0) is 43.0. The first-order valence-corrected chi connectivity index (χ1v) is 25.2. The second-order valence-corrected chi connectivity index (χ2v) is 17.8. The van der Waals surface area contributed by atoms with Gasteiger partial charge in [0.05, 0.1) is 43.6 Å². The Balaban J connectivity index is 2.51. The summed E-state index contributed by atoms with van der Waals surface area (Å²) in [7, 11) is 0. The number of hydrogen-bond acceptors (Lipinski definition) is 8. The quantitative estimate of drug-likeness (QED) is 0.0493. The zero-order valence-corrected chi connectivity index (χ0v) is 39.1. The third-order valence-electron chi connectivity index (χ3n) is 12.0. The van der Waals surface area contributed by atoms with Crippen LogP contribution < -0.4 is 0 Å². The summed E-state index contributed by atoms with van der Waals surface area (Å²) in [5.74, 6) is -0.0362. The number of aryl methyl sites for hydroxylation is 1. The molecule has 0 aliphatic rings. The van der Waals surface area contributed by atoms with Crippen molar-refractivity contribution in [3.05, 3.63) is 18.7 Å². The Labute approximate surface area is 363 Å². The summed E-state index contributed by atoms with van der Waals surface area (Å²) in [6, 6.07) is 0. The van der Waals surface area contributed by atoms with E-state index in [9.17, 15) is 19.8 Å². The molecule has 9 heteroatoms. The Morgan fingerprint density at radius 1 is 0.525 bits per heavy atom. The average molecular weight is 834 g/mol. The summed E-state index contributed by atoms with van der Waals surface area (Å²) in [5.41, 5.74) is 0. The van der Waals surface area contributed by atoms with Crippen LogP contribution >= 0.6 is 0 Å². The van der Waals surface area contributed by atoms with Gasteiger partial charge in [-0.25, -0.2) is 4.98 Å². The van der Waals surface area contributed by atoms with Gasteiger partial charge in [0.2, 0.25) is 0 Å². The molecule has 1 heterocycles. The van der Waals surface area contributed by atoms with Crippen molar-refractivity contribution in [1.29, 1.82) is 0 Å². The van der Waals surface area contributed by atoms with E-state index in [-0.39, 0.29) is 23.8 Å². The third-order valence-corrected chi connectivity index (χ3v) is 12.0. The number of aliphatic hydroxyl groups is 2. The lowest BCUT2D eigenvalue weighted by Gasteiger charge is -2.27. The van der Waals surface area contributed by atoms with Crippen LogP contribution in [0.15, 0.2) is 18.7 Å². The first-order valence-electron chi connectivity index (χ1n) is 25.2. The van der Waals surface area contributed by atoms with E-state index in [1.54, 1.807) is 6.20 Å². The minimum atomic E-state index is -0.518. The van der Waals surface area contributed by atoms with E-state index >= 15 is 0 Å². The van der Waals surface area contributed by atoms with Crippen molar-refractivity contribution >= 4 is 11.9 Å². The normalized spacial score (nSPS) is 13.7. The molecule has 1 aromatic rings. The van der Waals surface area contributed by atoms with E-state index in [1.165, 1.54) is 103 Å². The van der Waals surface area contributed by atoms with Crippen LogP contribution in [-0.2, 0) is 25.6 Å². The molecule has 0 aliphatic heterocycles. The first kappa shape index (κ1) is 55.0. The van der Waals surface area contributed by atoms with Crippen LogP contribution in [0, 0.1) is 11.8 Å². The van der Waals surface area contributed by atoms with Crippen LogP contribution in [0.25, 0.3) is 0 Å². The molecule has 59 heavy (non-hydrogen) atoms. The maximum Gasteiger partial charge on any atom is 0.308 e. The first-order chi connectivity index (χ1) is 28.8. The summed E-state index contributed by atoms with van der Waals surface area (Å²) in [4.78, 5) is 32.5. The second kappa shape index (κ2) is 40.1. The fourth-order valence-corrected chi connectivity index (χ4v) is 8.21. The number of aliphatic hydroxyl groups excluding tert-OH is 2. The number of esters is 2. The van der Waals surface area contributed by atoms with Crippen LogP contribution in [-0.4, -0.2) is 81.7 Å². The van der Waals surface area contributed by atoms with Gasteiger partial charge in [-0.3, -0.25) is 14.5 Å². The van der Waals surface area contributed by atoms with E-state index in [4.69, 9.17) is 9.47 Å². The number of imidazole rings is 1. The minimum absolute atomic E-state index is 0.0122. The highest BCUT2D eigenvalue weighted by Crippen LogP contribution is 2.22. The number of carbonyl (C=O) groups is 2. The van der Waals surface area contributed by atoms with Gasteiger partial charge in [0.15, 0.2) is 0 Å². The van der Waals surface area contributed by atoms with E-state index in [2.05, 4.69) is 42.1 Å². The number of unbranched alkanes of at least 4 members (excludes halogenated alkanes) is 18. The van der Waals surface area contributed by atoms with Gasteiger partial charge in [-0.2, -0.15) is 0 Å². The van der Waals surface area contributed by atoms with Gasteiger partial charge in [0.25, 0.3) is 0 Å². The summed E-state index contributed by atoms with van der Waals surface area (Å²) in [6.45, 7) is 12.3. The molecule has 346 valence electrons. The Morgan fingerprint density at radius 3 is 1.29 bits per heavy atom. The number of nitrogens with zero attached hydrogens (tertiary/aromatic N) is 3. The van der Waals surface area contributed by atoms with Crippen LogP contribution in [0.3, 0.4) is 0 Å². The van der Waals surface area contributed by atoms with E-state index < -0.39 is 12.2 Å². The lowest BCUT2D eigenvalue weighted by Crippen LogP contribution is -2.39. The highest BCUT2D eigenvalue weighted by Gasteiger charge is 2.21. The van der Waals surface area contributed by atoms with E-state index in [0.29, 0.717) is 39.1 Å². The molecule has 0 saturated carbocycles. The molecule has 2 unspecified atom stereocenters. The lowest BCUT2D eigenvalue weighted by atomic mass is 9.94. The average Bonchev–Trinajstić information content (AvgIpc) is 3.75. The fourth-order valence-electron chi connectivity index (χ4n) is 8.21. The van der Waals surface area contributed by atoms with Gasteiger partial charge in [-0.05, 0) is 70.6 Å². The number of rotatable bonds is 44. The fraction of sp³-hybridized carbons (Fsp3) is 0.900. The Hall–Kier alpha value is -1.97. The Bertz CT molecular complexity index is 993. The molecule has 0 aliphatic carbocycles. The molecule has 0 bridgehead atoms. The maximum atomic E-state index is 13.1. The van der Waals surface area contributed by atoms with Crippen LogP contribution in [0.2, 0.25) is 0 Å². The molecule has 4 atom stereocenters. The zero-order valence-electron chi connectivity index (χ0n) is 39.1. The molecule has 0 saturated heterocycles. The van der Waals surface area contributed by atoms with Crippen LogP contribution in [0.4, 0.5) is 0 Å². The summed E-state index contributed by atoms with van der Waals surface area (Å²) >= 11 is 0. The Kier molecular flexibility index (Phi) is 37.4. The van der Waals surface area contributed by atoms with Crippen molar-refractivity contribution in [3.63, 3.8) is 0 Å². The summed E-state index contributed by atoms with van der Waals surface area (Å²) < 4.78 is 13.6. The standard InChI is InChI=1S/C50H95N3O6/c1-5-9-13-17-19-23-32-45(30-21-15-11-7-3)49(56)58-40-27-25-34-47(54)42-53(38-29-37-52-39-36-51-44-52)43-48(55)35-26-28-41-59-50(57)46(31-22-16-12-8-4)33-24-20-18-14-10-6-2/h36,39,44-48,54-55H,5-35,37-38,40-43H2,1-4H3/t45?,46?,47-,48+. The molecule has 0 spiro atoms. The van der Waals surface area contributed by atoms with Gasteiger partial charge in [-0.1, -0.05) is 156 Å². The van der Waals surface area contributed by atoms with Gasteiger partial charge < -0.3 is 24.3 Å². The lowest BCUT2D eigenvalue weighted by molar-refractivity contribution is -0.150. The van der Waals surface area contributed by atoms with Crippen molar-refractivity contribution in [2.75, 3.05) is 32.8 Å². The predicted octanol–water partition coefficient (Wildman–Crippen LogP) is 12.4. The van der Waals surface area contributed by atoms with E-state index in [0.717, 1.165) is 96.6 Å². The smallest absolute Gasteiger partial charge is 0.308 e. The predicted molar refractivity (Wildman–Crippen MR) is 245 cm³/mol. The van der Waals surface area contributed by atoms with Crippen molar-refractivity contribution in [1.82, 2.24) is 14.5 Å². The second-order valence-electron chi connectivity index (χ2n) is 17.8. The SMILES string of the molecule is CCCCCCCCC(CCCCCC)C(=O)OCCCC[C@@H](O)CN(CCCn1ccnc1)C[C@@H](O)CCCCOC(=O)C(CCCCCC)CCCCCCCC. The third kappa shape index (κ3) is 32.4. The molecule has 0 radical (unpaired) electrons. The number of hydrogen-bond donors (Lipinski definition) is 2. The number of carbonyl (C=O) groups excluding carboxylic acids is 2. The van der Waals surface area contributed by atoms with Crippen LogP contribution in [0.1, 0.15) is 227 Å². The van der Waals surface area contributed by atoms with Gasteiger partial charge in [0, 0.05) is 38.6 Å². The summed E-state index contributed by atoms with van der Waals surface area (Å²) in [6.07, 6.45) is 37.7.